The first kappa shape index (κ1) is 24.6. The molecule has 0 saturated carbocycles. The number of rotatable bonds is 9. The van der Waals surface area contributed by atoms with Crippen LogP contribution in [0.25, 0.3) is 0 Å². The van der Waals surface area contributed by atoms with Gasteiger partial charge in [0.1, 0.15) is 0 Å². The quantitative estimate of drug-likeness (QED) is 0.514. The number of nitrogens with zero attached hydrogens (tertiary/aromatic N) is 2. The minimum Gasteiger partial charge on any atom is -0.372 e. The third-order valence-corrected chi connectivity index (χ3v) is 9.21. The topological polar surface area (TPSA) is 90.9 Å². The molecule has 0 aromatic heterocycles. The summed E-state index contributed by atoms with van der Waals surface area (Å²) in [6.45, 7) is 6.73. The van der Waals surface area contributed by atoms with Crippen LogP contribution in [0.1, 0.15) is 24.5 Å². The number of carbonyl (C=O) groups excluding carboxylic acids is 1. The van der Waals surface area contributed by atoms with Crippen molar-refractivity contribution < 1.29 is 13.2 Å². The van der Waals surface area contributed by atoms with Crippen LogP contribution in [0.5, 0.6) is 0 Å². The van der Waals surface area contributed by atoms with Crippen LogP contribution in [-0.2, 0) is 21.1 Å². The predicted octanol–water partition coefficient (Wildman–Crippen LogP) is 3.25. The average molecular weight is 501 g/mol. The van der Waals surface area contributed by atoms with E-state index in [1.54, 1.807) is 0 Å². The summed E-state index contributed by atoms with van der Waals surface area (Å²) in [5.41, 5.74) is 4.30. The van der Waals surface area contributed by atoms with Crippen LogP contribution >= 0.6 is 11.8 Å². The summed E-state index contributed by atoms with van der Waals surface area (Å²) in [5, 5.41) is 7.08. The molecule has 0 unspecified atom stereocenters. The van der Waals surface area contributed by atoms with Crippen molar-refractivity contribution in [2.75, 3.05) is 41.4 Å². The molecular formula is C25H32N4O3S2. The third kappa shape index (κ3) is 6.54. The predicted molar refractivity (Wildman–Crippen MR) is 142 cm³/mol. The van der Waals surface area contributed by atoms with Gasteiger partial charge in [-0.3, -0.25) is 9.79 Å². The number of hydrogen-bond acceptors (Lipinski definition) is 7. The van der Waals surface area contributed by atoms with Gasteiger partial charge in [-0.25, -0.2) is 8.42 Å². The normalized spacial score (nSPS) is 20.5. The second kappa shape index (κ2) is 10.8. The Bertz CT molecular complexity index is 1150. The highest BCUT2D eigenvalue weighted by atomic mass is 32.2. The van der Waals surface area contributed by atoms with Gasteiger partial charge in [0.2, 0.25) is 5.91 Å². The highest BCUT2D eigenvalue weighted by Gasteiger charge is 2.42. The number of benzene rings is 2. The van der Waals surface area contributed by atoms with Gasteiger partial charge in [0, 0.05) is 36.3 Å². The van der Waals surface area contributed by atoms with Crippen LogP contribution in [0.4, 0.5) is 11.4 Å². The minimum absolute atomic E-state index is 0.0177. The Morgan fingerprint density at radius 1 is 1.18 bits per heavy atom. The summed E-state index contributed by atoms with van der Waals surface area (Å²) in [5.74, 6) is 0.365. The fourth-order valence-corrected chi connectivity index (χ4v) is 7.96. The van der Waals surface area contributed by atoms with Crippen molar-refractivity contribution in [3.63, 3.8) is 0 Å². The largest absolute Gasteiger partial charge is 0.372 e. The van der Waals surface area contributed by atoms with E-state index in [0.29, 0.717) is 13.0 Å². The molecule has 0 aliphatic carbocycles. The summed E-state index contributed by atoms with van der Waals surface area (Å²) in [6, 6.07) is 16.1. The SMILES string of the molecule is CCN(CCCNC(=O)Cc1ccc(NC2=N[C@@H]3CS(=O)(=O)C[C@@H]3S2)cc1)c1cccc(C)c1. The standard InChI is InChI=1S/C25H32N4O3S2/c1-3-29(21-7-4-6-18(2)14-21)13-5-12-26-24(30)15-19-8-10-20(11-9-19)27-25-28-22-16-34(31,32)17-23(22)33-25/h4,6-11,14,22-23H,3,5,12-13,15-17H2,1-2H3,(H,26,30)(H,27,28)/t22-,23+/m1/s1. The van der Waals surface area contributed by atoms with Crippen molar-refractivity contribution in [2.24, 2.45) is 4.99 Å². The molecule has 2 heterocycles. The summed E-state index contributed by atoms with van der Waals surface area (Å²) in [4.78, 5) is 19.2. The number of amides is 1. The molecular weight excluding hydrogens is 468 g/mol. The molecule has 0 spiro atoms. The molecule has 4 rings (SSSR count). The number of aliphatic imine (C=N–C) groups is 1. The number of nitrogens with one attached hydrogen (secondary N) is 2. The van der Waals surface area contributed by atoms with Gasteiger partial charge in [-0.1, -0.05) is 36.0 Å². The molecule has 9 heteroatoms. The maximum absolute atomic E-state index is 12.4. The maximum atomic E-state index is 12.4. The Morgan fingerprint density at radius 3 is 2.68 bits per heavy atom. The molecule has 2 aliphatic heterocycles. The zero-order valence-corrected chi connectivity index (χ0v) is 21.3. The Morgan fingerprint density at radius 2 is 1.97 bits per heavy atom. The Labute approximate surface area is 206 Å². The molecule has 7 nitrogen and oxygen atoms in total. The van der Waals surface area contributed by atoms with Crippen LogP contribution in [0, 0.1) is 6.92 Å². The smallest absolute Gasteiger partial charge is 0.224 e. The molecule has 2 aliphatic rings. The lowest BCUT2D eigenvalue weighted by molar-refractivity contribution is -0.120. The van der Waals surface area contributed by atoms with Gasteiger partial charge in [0.05, 0.1) is 24.0 Å². The third-order valence-electron chi connectivity index (χ3n) is 6.06. The van der Waals surface area contributed by atoms with Crippen LogP contribution in [0.2, 0.25) is 0 Å². The van der Waals surface area contributed by atoms with Crippen LogP contribution in [0.3, 0.4) is 0 Å². The highest BCUT2D eigenvalue weighted by Crippen LogP contribution is 2.34. The van der Waals surface area contributed by atoms with E-state index in [9.17, 15) is 13.2 Å². The summed E-state index contributed by atoms with van der Waals surface area (Å²) in [7, 11) is -2.94. The number of carbonyl (C=O) groups is 1. The van der Waals surface area contributed by atoms with E-state index in [4.69, 9.17) is 0 Å². The molecule has 1 amide bonds. The molecule has 2 aromatic carbocycles. The fraction of sp³-hybridized carbons (Fsp3) is 0.440. The van der Waals surface area contributed by atoms with Crippen molar-refractivity contribution in [3.05, 3.63) is 59.7 Å². The van der Waals surface area contributed by atoms with Gasteiger partial charge in [0.15, 0.2) is 15.0 Å². The molecule has 0 bridgehead atoms. The zero-order chi connectivity index (χ0) is 24.1. The number of hydrogen-bond donors (Lipinski definition) is 2. The van der Waals surface area contributed by atoms with E-state index in [-0.39, 0.29) is 28.7 Å². The van der Waals surface area contributed by atoms with Crippen molar-refractivity contribution >= 4 is 44.0 Å². The Hall–Kier alpha value is -2.52. The van der Waals surface area contributed by atoms with Crippen LogP contribution < -0.4 is 15.5 Å². The van der Waals surface area contributed by atoms with Crippen molar-refractivity contribution in [1.29, 1.82) is 0 Å². The number of thioether (sulfide) groups is 1. The first-order chi connectivity index (χ1) is 16.3. The number of sulfone groups is 1. The highest BCUT2D eigenvalue weighted by molar-refractivity contribution is 8.15. The van der Waals surface area contributed by atoms with Gasteiger partial charge >= 0.3 is 0 Å². The maximum Gasteiger partial charge on any atom is 0.224 e. The van der Waals surface area contributed by atoms with Gasteiger partial charge in [0.25, 0.3) is 0 Å². The number of anilines is 2. The van der Waals surface area contributed by atoms with E-state index in [1.807, 2.05) is 24.3 Å². The zero-order valence-electron chi connectivity index (χ0n) is 19.7. The van der Waals surface area contributed by atoms with Gasteiger partial charge < -0.3 is 15.5 Å². The van der Waals surface area contributed by atoms with Crippen LogP contribution in [-0.4, -0.2) is 61.9 Å². The summed E-state index contributed by atoms with van der Waals surface area (Å²) < 4.78 is 23.4. The van der Waals surface area contributed by atoms with Crippen molar-refractivity contribution in [3.8, 4) is 0 Å². The van der Waals surface area contributed by atoms with E-state index < -0.39 is 9.84 Å². The Kier molecular flexibility index (Phi) is 7.83. The molecule has 2 aromatic rings. The van der Waals surface area contributed by atoms with E-state index in [0.717, 1.165) is 35.9 Å². The lowest BCUT2D eigenvalue weighted by Gasteiger charge is -2.23. The molecule has 34 heavy (non-hydrogen) atoms. The number of fused-ring (bicyclic) bond motifs is 1. The first-order valence-electron chi connectivity index (χ1n) is 11.7. The molecule has 0 radical (unpaired) electrons. The molecule has 2 N–H and O–H groups in total. The number of aryl methyl sites for hydroxylation is 1. The van der Waals surface area contributed by atoms with Crippen molar-refractivity contribution in [1.82, 2.24) is 5.32 Å². The lowest BCUT2D eigenvalue weighted by atomic mass is 10.1. The van der Waals surface area contributed by atoms with Crippen LogP contribution in [0.15, 0.2) is 53.5 Å². The van der Waals surface area contributed by atoms with Gasteiger partial charge in [-0.15, -0.1) is 0 Å². The lowest BCUT2D eigenvalue weighted by Crippen LogP contribution is -2.30. The van der Waals surface area contributed by atoms with E-state index in [2.05, 4.69) is 58.6 Å². The molecule has 1 fully saturated rings. The second-order valence-electron chi connectivity index (χ2n) is 8.86. The van der Waals surface area contributed by atoms with Gasteiger partial charge in [-0.2, -0.15) is 0 Å². The minimum atomic E-state index is -2.94. The van der Waals surface area contributed by atoms with Gasteiger partial charge in [-0.05, 0) is 55.7 Å². The van der Waals surface area contributed by atoms with Crippen molar-refractivity contribution in [2.45, 2.75) is 38.0 Å². The first-order valence-corrected chi connectivity index (χ1v) is 14.4. The average Bonchev–Trinajstić information content (AvgIpc) is 3.27. The fourth-order valence-electron chi connectivity index (χ4n) is 4.29. The molecule has 1 saturated heterocycles. The molecule has 182 valence electrons. The number of amidine groups is 1. The molecule has 2 atom stereocenters. The summed E-state index contributed by atoms with van der Waals surface area (Å²) in [6.07, 6.45) is 1.23. The monoisotopic (exact) mass is 500 g/mol. The summed E-state index contributed by atoms with van der Waals surface area (Å²) >= 11 is 1.50. The van der Waals surface area contributed by atoms with E-state index >= 15 is 0 Å². The van der Waals surface area contributed by atoms with E-state index in [1.165, 1.54) is 23.0 Å². The Balaban J connectivity index is 1.18. The second-order valence-corrected chi connectivity index (χ2v) is 12.2.